The number of nitrogens with one attached hydrogen (secondary N) is 1. The Balaban J connectivity index is 2.98. The molecular formula is C12H15FN2O2S. The number of sulfonamides is 1. The van der Waals surface area contributed by atoms with E-state index in [1.165, 1.54) is 13.0 Å². The van der Waals surface area contributed by atoms with Crippen molar-refractivity contribution < 1.29 is 12.8 Å². The first-order valence-corrected chi connectivity index (χ1v) is 6.83. The number of nitrogens with zero attached hydrogens (tertiary/aromatic N) is 1. The second-order valence-corrected chi connectivity index (χ2v) is 6.47. The third kappa shape index (κ3) is 3.52. The lowest BCUT2D eigenvalue weighted by molar-refractivity contribution is 0.478. The van der Waals surface area contributed by atoms with E-state index in [2.05, 4.69) is 4.72 Å². The minimum atomic E-state index is -3.72. The highest BCUT2D eigenvalue weighted by molar-refractivity contribution is 7.89. The molecule has 6 heteroatoms. The standard InChI is InChI=1S/C12H15FN2O2S/c1-9-6-10(13)4-5-11(9)18(16,17)15-8-12(2,3)7-14/h4-6,15H,8H2,1-3H3. The van der Waals surface area contributed by atoms with Crippen molar-refractivity contribution in [2.45, 2.75) is 25.7 Å². The van der Waals surface area contributed by atoms with Gasteiger partial charge < -0.3 is 0 Å². The van der Waals surface area contributed by atoms with Gasteiger partial charge in [-0.05, 0) is 44.5 Å². The van der Waals surface area contributed by atoms with Gasteiger partial charge in [-0.1, -0.05) is 0 Å². The predicted octanol–water partition coefficient (Wildman–Crippen LogP) is 1.96. The maximum absolute atomic E-state index is 12.9. The fourth-order valence-electron chi connectivity index (χ4n) is 1.31. The number of hydrogen-bond acceptors (Lipinski definition) is 3. The molecule has 0 fully saturated rings. The number of halogens is 1. The molecule has 1 aromatic carbocycles. The topological polar surface area (TPSA) is 70.0 Å². The molecule has 0 saturated heterocycles. The molecule has 0 aliphatic rings. The van der Waals surface area contributed by atoms with Gasteiger partial charge in [0.1, 0.15) is 5.82 Å². The number of hydrogen-bond donors (Lipinski definition) is 1. The third-order valence-electron chi connectivity index (χ3n) is 2.43. The van der Waals surface area contributed by atoms with Crippen LogP contribution in [0.3, 0.4) is 0 Å². The summed E-state index contributed by atoms with van der Waals surface area (Å²) in [4.78, 5) is 0.0256. The molecule has 0 saturated carbocycles. The molecule has 4 nitrogen and oxygen atoms in total. The van der Waals surface area contributed by atoms with Crippen molar-refractivity contribution in [2.24, 2.45) is 5.41 Å². The van der Waals surface area contributed by atoms with Gasteiger partial charge in [-0.3, -0.25) is 0 Å². The molecular weight excluding hydrogens is 255 g/mol. The zero-order chi connectivity index (χ0) is 14.0. The summed E-state index contributed by atoms with van der Waals surface area (Å²) >= 11 is 0. The summed E-state index contributed by atoms with van der Waals surface area (Å²) in [6.07, 6.45) is 0. The van der Waals surface area contributed by atoms with E-state index in [0.29, 0.717) is 5.56 Å². The maximum Gasteiger partial charge on any atom is 0.240 e. The average molecular weight is 270 g/mol. The molecule has 0 aliphatic heterocycles. The number of benzene rings is 1. The van der Waals surface area contributed by atoms with Crippen LogP contribution in [0.15, 0.2) is 23.1 Å². The van der Waals surface area contributed by atoms with Gasteiger partial charge in [0, 0.05) is 6.54 Å². The number of rotatable bonds is 4. The molecule has 18 heavy (non-hydrogen) atoms. The SMILES string of the molecule is Cc1cc(F)ccc1S(=O)(=O)NCC(C)(C)C#N. The molecule has 1 N–H and O–H groups in total. The molecule has 0 amide bonds. The van der Waals surface area contributed by atoms with Crippen LogP contribution >= 0.6 is 0 Å². The quantitative estimate of drug-likeness (QED) is 0.909. The largest absolute Gasteiger partial charge is 0.240 e. The summed E-state index contributed by atoms with van der Waals surface area (Å²) in [7, 11) is -3.72. The minimum absolute atomic E-state index is 0.00263. The molecule has 0 aromatic heterocycles. The zero-order valence-corrected chi connectivity index (χ0v) is 11.3. The monoisotopic (exact) mass is 270 g/mol. The molecule has 1 aromatic rings. The summed E-state index contributed by atoms with van der Waals surface area (Å²) in [6, 6.07) is 5.47. The fraction of sp³-hybridized carbons (Fsp3) is 0.417. The first-order valence-electron chi connectivity index (χ1n) is 5.35. The van der Waals surface area contributed by atoms with E-state index in [9.17, 15) is 12.8 Å². The van der Waals surface area contributed by atoms with Gasteiger partial charge >= 0.3 is 0 Å². The first-order chi connectivity index (χ1) is 8.18. The Morgan fingerprint density at radius 3 is 2.56 bits per heavy atom. The van der Waals surface area contributed by atoms with Gasteiger partial charge in [0.05, 0.1) is 16.4 Å². The van der Waals surface area contributed by atoms with Crippen LogP contribution in [-0.2, 0) is 10.0 Å². The van der Waals surface area contributed by atoms with E-state index in [1.807, 2.05) is 6.07 Å². The van der Waals surface area contributed by atoms with Crippen molar-refractivity contribution in [3.63, 3.8) is 0 Å². The molecule has 1 rings (SSSR count). The van der Waals surface area contributed by atoms with Crippen molar-refractivity contribution in [2.75, 3.05) is 6.54 Å². The summed E-state index contributed by atoms with van der Waals surface area (Å²) in [6.45, 7) is 4.79. The summed E-state index contributed by atoms with van der Waals surface area (Å²) in [5.74, 6) is -0.483. The Bertz CT molecular complexity index is 589. The molecule has 98 valence electrons. The molecule has 0 heterocycles. The van der Waals surface area contributed by atoms with Crippen molar-refractivity contribution in [1.29, 1.82) is 5.26 Å². The highest BCUT2D eigenvalue weighted by Crippen LogP contribution is 2.18. The van der Waals surface area contributed by atoms with Crippen LogP contribution in [0.1, 0.15) is 19.4 Å². The van der Waals surface area contributed by atoms with Gasteiger partial charge in [-0.15, -0.1) is 0 Å². The second kappa shape index (κ2) is 5.04. The van der Waals surface area contributed by atoms with Crippen LogP contribution in [0.2, 0.25) is 0 Å². The maximum atomic E-state index is 12.9. The van der Waals surface area contributed by atoms with E-state index < -0.39 is 21.3 Å². The van der Waals surface area contributed by atoms with Crippen molar-refractivity contribution >= 4 is 10.0 Å². The van der Waals surface area contributed by atoms with Crippen LogP contribution < -0.4 is 4.72 Å². The van der Waals surface area contributed by atoms with E-state index >= 15 is 0 Å². The Morgan fingerprint density at radius 2 is 2.06 bits per heavy atom. The van der Waals surface area contributed by atoms with Crippen LogP contribution in [-0.4, -0.2) is 15.0 Å². The van der Waals surface area contributed by atoms with E-state index in [0.717, 1.165) is 12.1 Å². The van der Waals surface area contributed by atoms with E-state index in [-0.39, 0.29) is 11.4 Å². The summed E-state index contributed by atoms with van der Waals surface area (Å²) in [5, 5.41) is 8.82. The van der Waals surface area contributed by atoms with Crippen molar-refractivity contribution in [3.8, 4) is 6.07 Å². The number of aryl methyl sites for hydroxylation is 1. The summed E-state index contributed by atoms with van der Waals surface area (Å²) < 4.78 is 39.2. The normalized spacial score (nSPS) is 12.2. The second-order valence-electron chi connectivity index (χ2n) is 4.73. The first kappa shape index (κ1) is 14.6. The molecule has 0 radical (unpaired) electrons. The molecule has 0 atom stereocenters. The molecule has 0 unspecified atom stereocenters. The van der Waals surface area contributed by atoms with Crippen LogP contribution in [0.25, 0.3) is 0 Å². The van der Waals surface area contributed by atoms with Gasteiger partial charge in [0.15, 0.2) is 0 Å². The highest BCUT2D eigenvalue weighted by atomic mass is 32.2. The van der Waals surface area contributed by atoms with E-state index in [1.54, 1.807) is 13.8 Å². The minimum Gasteiger partial charge on any atom is -0.210 e. The Kier molecular flexibility index (Phi) is 4.09. The van der Waals surface area contributed by atoms with Crippen molar-refractivity contribution in [3.05, 3.63) is 29.6 Å². The fourth-order valence-corrected chi connectivity index (χ4v) is 2.74. The lowest BCUT2D eigenvalue weighted by Gasteiger charge is -2.16. The van der Waals surface area contributed by atoms with Gasteiger partial charge in [-0.25, -0.2) is 17.5 Å². The Labute approximate surface area is 106 Å². The van der Waals surface area contributed by atoms with Gasteiger partial charge in [0.25, 0.3) is 0 Å². The predicted molar refractivity (Wildman–Crippen MR) is 65.7 cm³/mol. The average Bonchev–Trinajstić information content (AvgIpc) is 2.26. The lowest BCUT2D eigenvalue weighted by atomic mass is 9.97. The van der Waals surface area contributed by atoms with Crippen LogP contribution in [0.5, 0.6) is 0 Å². The van der Waals surface area contributed by atoms with Gasteiger partial charge in [0.2, 0.25) is 10.0 Å². The van der Waals surface area contributed by atoms with Crippen LogP contribution in [0.4, 0.5) is 4.39 Å². The lowest BCUT2D eigenvalue weighted by Crippen LogP contribution is -2.33. The Hall–Kier alpha value is -1.45. The third-order valence-corrected chi connectivity index (χ3v) is 3.99. The Morgan fingerprint density at radius 1 is 1.44 bits per heavy atom. The van der Waals surface area contributed by atoms with Crippen molar-refractivity contribution in [1.82, 2.24) is 4.72 Å². The molecule has 0 spiro atoms. The van der Waals surface area contributed by atoms with Crippen LogP contribution in [0, 0.1) is 29.5 Å². The highest BCUT2D eigenvalue weighted by Gasteiger charge is 2.23. The molecule has 0 aliphatic carbocycles. The summed E-state index contributed by atoms with van der Waals surface area (Å²) in [5.41, 5.74) is -0.460. The smallest absolute Gasteiger partial charge is 0.210 e. The zero-order valence-electron chi connectivity index (χ0n) is 10.5. The van der Waals surface area contributed by atoms with E-state index in [4.69, 9.17) is 5.26 Å². The number of nitriles is 1. The molecule has 0 bridgehead atoms. The van der Waals surface area contributed by atoms with Gasteiger partial charge in [-0.2, -0.15) is 5.26 Å².